The van der Waals surface area contributed by atoms with Crippen LogP contribution in [0.1, 0.15) is 25.5 Å². The summed E-state index contributed by atoms with van der Waals surface area (Å²) in [5, 5.41) is 3.85. The van der Waals surface area contributed by atoms with Gasteiger partial charge in [-0.2, -0.15) is 0 Å². The predicted molar refractivity (Wildman–Crippen MR) is 91.8 cm³/mol. The summed E-state index contributed by atoms with van der Waals surface area (Å²) in [6, 6.07) is 9.14. The van der Waals surface area contributed by atoms with Crippen LogP contribution in [0.2, 0.25) is 0 Å². The number of nitrogens with zero attached hydrogens (tertiary/aromatic N) is 3. The number of nitroso groups, excluding NO2 is 1. The molecule has 0 saturated carbocycles. The van der Waals surface area contributed by atoms with Gasteiger partial charge in [0.2, 0.25) is 0 Å². The van der Waals surface area contributed by atoms with Crippen molar-refractivity contribution in [3.8, 4) is 0 Å². The molecule has 3 rings (SSSR count). The van der Waals surface area contributed by atoms with E-state index >= 15 is 0 Å². The minimum Gasteiger partial charge on any atom is -0.466 e. The number of esters is 1. The second-order valence-corrected chi connectivity index (χ2v) is 6.10. The molecular formula is C18H21N3O3. The SMILES string of the molecule is CCOC(=O)C1CCCN(Cc2ccc3cc(N=O)ccc3n2)C1. The van der Waals surface area contributed by atoms with Gasteiger partial charge in [0, 0.05) is 18.5 Å². The van der Waals surface area contributed by atoms with Gasteiger partial charge in [-0.25, -0.2) is 0 Å². The quantitative estimate of drug-likeness (QED) is 0.621. The maximum absolute atomic E-state index is 11.9. The van der Waals surface area contributed by atoms with E-state index in [0.29, 0.717) is 25.4 Å². The average molecular weight is 327 g/mol. The Bertz CT molecular complexity index is 747. The Balaban J connectivity index is 1.70. The number of ether oxygens (including phenoxy) is 1. The van der Waals surface area contributed by atoms with Crippen molar-refractivity contribution in [2.75, 3.05) is 19.7 Å². The first-order chi connectivity index (χ1) is 11.7. The number of hydrogen-bond donors (Lipinski definition) is 0. The molecule has 0 radical (unpaired) electrons. The maximum Gasteiger partial charge on any atom is 0.310 e. The van der Waals surface area contributed by atoms with Crippen LogP contribution in [0.15, 0.2) is 35.5 Å². The highest BCUT2D eigenvalue weighted by atomic mass is 16.5. The molecule has 1 aromatic heterocycles. The van der Waals surface area contributed by atoms with Gasteiger partial charge in [-0.05, 0) is 55.8 Å². The zero-order chi connectivity index (χ0) is 16.9. The Labute approximate surface area is 140 Å². The van der Waals surface area contributed by atoms with Crippen LogP contribution in [0, 0.1) is 10.8 Å². The molecule has 0 bridgehead atoms. The number of aromatic nitrogens is 1. The minimum atomic E-state index is -0.0948. The molecule has 6 nitrogen and oxygen atoms in total. The van der Waals surface area contributed by atoms with Crippen molar-refractivity contribution in [2.24, 2.45) is 11.1 Å². The normalized spacial score (nSPS) is 18.5. The van der Waals surface area contributed by atoms with Crippen molar-refractivity contribution >= 4 is 22.6 Å². The number of likely N-dealkylation sites (tertiary alicyclic amines) is 1. The van der Waals surface area contributed by atoms with Crippen LogP contribution in [-0.2, 0) is 16.1 Å². The van der Waals surface area contributed by atoms with Crippen molar-refractivity contribution in [1.82, 2.24) is 9.88 Å². The lowest BCUT2D eigenvalue weighted by Crippen LogP contribution is -2.39. The molecule has 1 unspecified atom stereocenters. The fraction of sp³-hybridized carbons (Fsp3) is 0.444. The summed E-state index contributed by atoms with van der Waals surface area (Å²) >= 11 is 0. The summed E-state index contributed by atoms with van der Waals surface area (Å²) < 4.78 is 5.14. The van der Waals surface area contributed by atoms with Crippen LogP contribution in [0.3, 0.4) is 0 Å². The van der Waals surface area contributed by atoms with Crippen LogP contribution in [0.5, 0.6) is 0 Å². The minimum absolute atomic E-state index is 0.0413. The molecule has 6 heteroatoms. The fourth-order valence-corrected chi connectivity index (χ4v) is 3.18. The third-order valence-corrected chi connectivity index (χ3v) is 4.35. The van der Waals surface area contributed by atoms with Crippen LogP contribution < -0.4 is 0 Å². The Kier molecular flexibility index (Phi) is 5.15. The lowest BCUT2D eigenvalue weighted by molar-refractivity contribution is -0.150. The number of pyridine rings is 1. The largest absolute Gasteiger partial charge is 0.466 e. The van der Waals surface area contributed by atoms with E-state index in [9.17, 15) is 9.70 Å². The number of carbonyl (C=O) groups excluding carboxylic acids is 1. The number of piperidine rings is 1. The molecule has 1 aliphatic rings. The third kappa shape index (κ3) is 3.76. The highest BCUT2D eigenvalue weighted by molar-refractivity contribution is 5.81. The molecule has 1 atom stereocenters. The molecule has 2 heterocycles. The highest BCUT2D eigenvalue weighted by Gasteiger charge is 2.26. The maximum atomic E-state index is 11.9. The van der Waals surface area contributed by atoms with Crippen LogP contribution >= 0.6 is 0 Å². The third-order valence-electron chi connectivity index (χ3n) is 4.35. The van der Waals surface area contributed by atoms with Crippen molar-refractivity contribution in [3.05, 3.63) is 40.9 Å². The van der Waals surface area contributed by atoms with Gasteiger partial charge in [0.1, 0.15) is 5.69 Å². The van der Waals surface area contributed by atoms with Gasteiger partial charge in [-0.3, -0.25) is 14.7 Å². The summed E-state index contributed by atoms with van der Waals surface area (Å²) in [5.41, 5.74) is 2.21. The fourth-order valence-electron chi connectivity index (χ4n) is 3.18. The summed E-state index contributed by atoms with van der Waals surface area (Å²) in [5.74, 6) is -0.136. The van der Waals surface area contributed by atoms with Crippen molar-refractivity contribution in [2.45, 2.75) is 26.3 Å². The molecule has 126 valence electrons. The number of fused-ring (bicyclic) bond motifs is 1. The van der Waals surface area contributed by atoms with Crippen LogP contribution in [0.4, 0.5) is 5.69 Å². The van der Waals surface area contributed by atoms with Gasteiger partial charge >= 0.3 is 5.97 Å². The Hall–Kier alpha value is -2.34. The van der Waals surface area contributed by atoms with Gasteiger partial charge in [0.25, 0.3) is 0 Å². The summed E-state index contributed by atoms with van der Waals surface area (Å²) in [7, 11) is 0. The lowest BCUT2D eigenvalue weighted by atomic mass is 9.98. The first kappa shape index (κ1) is 16.5. The summed E-state index contributed by atoms with van der Waals surface area (Å²) in [6.07, 6.45) is 1.88. The van der Waals surface area contributed by atoms with Gasteiger partial charge < -0.3 is 4.74 Å². The van der Waals surface area contributed by atoms with Gasteiger partial charge in [-0.1, -0.05) is 6.07 Å². The highest BCUT2D eigenvalue weighted by Crippen LogP contribution is 2.22. The van der Waals surface area contributed by atoms with E-state index in [1.54, 1.807) is 12.1 Å². The van der Waals surface area contributed by atoms with E-state index in [1.807, 2.05) is 25.1 Å². The molecule has 0 N–H and O–H groups in total. The molecule has 0 aliphatic carbocycles. The topological polar surface area (TPSA) is 71.9 Å². The van der Waals surface area contributed by atoms with Gasteiger partial charge in [0.05, 0.1) is 23.7 Å². The zero-order valence-electron chi connectivity index (χ0n) is 13.8. The van der Waals surface area contributed by atoms with E-state index < -0.39 is 0 Å². The Morgan fingerprint density at radius 2 is 2.25 bits per heavy atom. The second-order valence-electron chi connectivity index (χ2n) is 6.10. The lowest BCUT2D eigenvalue weighted by Gasteiger charge is -2.31. The van der Waals surface area contributed by atoms with Gasteiger partial charge in [0.15, 0.2) is 0 Å². The smallest absolute Gasteiger partial charge is 0.310 e. The molecule has 2 aromatic rings. The Morgan fingerprint density at radius 3 is 3.04 bits per heavy atom. The summed E-state index contributed by atoms with van der Waals surface area (Å²) in [6.45, 7) is 4.65. The predicted octanol–water partition coefficient (Wildman–Crippen LogP) is 3.41. The molecule has 1 aromatic carbocycles. The number of benzene rings is 1. The number of rotatable bonds is 5. The molecule has 1 saturated heterocycles. The average Bonchev–Trinajstić information content (AvgIpc) is 2.61. The van der Waals surface area contributed by atoms with Crippen molar-refractivity contribution in [3.63, 3.8) is 0 Å². The van der Waals surface area contributed by atoms with E-state index in [0.717, 1.165) is 36.0 Å². The van der Waals surface area contributed by atoms with E-state index in [4.69, 9.17) is 4.74 Å². The molecule has 0 spiro atoms. The Morgan fingerprint density at radius 1 is 1.38 bits per heavy atom. The first-order valence-corrected chi connectivity index (χ1v) is 8.31. The van der Waals surface area contributed by atoms with Crippen LogP contribution in [-0.4, -0.2) is 35.5 Å². The molecule has 24 heavy (non-hydrogen) atoms. The van der Waals surface area contributed by atoms with E-state index in [-0.39, 0.29) is 11.9 Å². The molecule has 1 aliphatic heterocycles. The molecule has 0 amide bonds. The van der Waals surface area contributed by atoms with Crippen molar-refractivity contribution in [1.29, 1.82) is 0 Å². The monoisotopic (exact) mass is 327 g/mol. The first-order valence-electron chi connectivity index (χ1n) is 8.31. The molecule has 1 fully saturated rings. The number of carbonyl (C=O) groups is 1. The van der Waals surface area contributed by atoms with Crippen LogP contribution in [0.25, 0.3) is 10.9 Å². The standard InChI is InChI=1S/C18H21N3O3/c1-2-24-18(22)14-4-3-9-21(11-14)12-16-6-5-13-10-15(20-23)7-8-17(13)19-16/h5-8,10,14H,2-4,9,11-12H2,1H3. The molecular weight excluding hydrogens is 306 g/mol. The van der Waals surface area contributed by atoms with Crippen molar-refractivity contribution < 1.29 is 9.53 Å². The van der Waals surface area contributed by atoms with E-state index in [1.165, 1.54) is 0 Å². The zero-order valence-corrected chi connectivity index (χ0v) is 13.8. The van der Waals surface area contributed by atoms with Gasteiger partial charge in [-0.15, -0.1) is 4.91 Å². The van der Waals surface area contributed by atoms with E-state index in [2.05, 4.69) is 15.1 Å². The summed E-state index contributed by atoms with van der Waals surface area (Å²) in [4.78, 5) is 29.4. The number of hydrogen-bond acceptors (Lipinski definition) is 6. The second kappa shape index (κ2) is 7.49.